The minimum Gasteiger partial charge on any atom is -0.493 e. The van der Waals surface area contributed by atoms with Crippen LogP contribution in [0.3, 0.4) is 0 Å². The van der Waals surface area contributed by atoms with Crippen molar-refractivity contribution in [3.8, 4) is 11.5 Å². The maximum absolute atomic E-state index is 13.0. The van der Waals surface area contributed by atoms with Crippen LogP contribution < -0.4 is 14.8 Å². The first-order valence-corrected chi connectivity index (χ1v) is 10.1. The van der Waals surface area contributed by atoms with E-state index in [4.69, 9.17) is 21.1 Å². The minimum atomic E-state index is -4.65. The Hall–Kier alpha value is -2.98. The van der Waals surface area contributed by atoms with Crippen LogP contribution in [0.1, 0.15) is 11.1 Å². The summed E-state index contributed by atoms with van der Waals surface area (Å²) in [5.41, 5.74) is -0.309. The molecule has 0 aliphatic carbocycles. The van der Waals surface area contributed by atoms with Crippen molar-refractivity contribution in [2.75, 3.05) is 46.7 Å². The molecule has 2 aromatic carbocycles. The van der Waals surface area contributed by atoms with Crippen molar-refractivity contribution < 1.29 is 32.2 Å². The standard InChI is InChI=1S/C22H25ClF3N3O4/c1-28(11-14-6-5-7-18(32-3)21(14)33-4)13-20(31)29(2)12-19(30)27-15-8-9-17(23)16(10-15)22(24,25)26/h5-10H,11-13H2,1-4H3,(H,27,30). The molecular formula is C22H25ClF3N3O4. The summed E-state index contributed by atoms with van der Waals surface area (Å²) in [6.07, 6.45) is -4.65. The molecule has 0 unspecified atom stereocenters. The molecule has 0 saturated heterocycles. The molecule has 7 nitrogen and oxygen atoms in total. The van der Waals surface area contributed by atoms with Crippen molar-refractivity contribution >= 4 is 29.1 Å². The number of rotatable bonds is 9. The van der Waals surface area contributed by atoms with E-state index in [-0.39, 0.29) is 24.7 Å². The lowest BCUT2D eigenvalue weighted by Gasteiger charge is -2.23. The number of amides is 2. The summed E-state index contributed by atoms with van der Waals surface area (Å²) in [6.45, 7) is 0.0551. The van der Waals surface area contributed by atoms with Gasteiger partial charge in [0.1, 0.15) is 0 Å². The van der Waals surface area contributed by atoms with Crippen molar-refractivity contribution in [3.05, 3.63) is 52.5 Å². The van der Waals surface area contributed by atoms with Gasteiger partial charge in [-0.05, 0) is 31.3 Å². The molecule has 0 saturated carbocycles. The predicted octanol–water partition coefficient (Wildman–Crippen LogP) is 3.90. The quantitative estimate of drug-likeness (QED) is 0.581. The second kappa shape index (κ2) is 11.2. The van der Waals surface area contributed by atoms with E-state index in [0.29, 0.717) is 18.0 Å². The first-order chi connectivity index (χ1) is 15.5. The summed E-state index contributed by atoms with van der Waals surface area (Å²) < 4.78 is 49.6. The molecule has 0 bridgehead atoms. The molecule has 0 aliphatic heterocycles. The van der Waals surface area contributed by atoms with E-state index in [0.717, 1.165) is 17.7 Å². The van der Waals surface area contributed by atoms with Crippen LogP contribution in [0.15, 0.2) is 36.4 Å². The molecule has 2 rings (SSSR count). The highest BCUT2D eigenvalue weighted by molar-refractivity contribution is 6.31. The molecule has 0 spiro atoms. The van der Waals surface area contributed by atoms with Crippen LogP contribution in [0.4, 0.5) is 18.9 Å². The van der Waals surface area contributed by atoms with Gasteiger partial charge in [0.05, 0.1) is 37.9 Å². The number of benzene rings is 2. The van der Waals surface area contributed by atoms with E-state index in [2.05, 4.69) is 5.32 Å². The van der Waals surface area contributed by atoms with Crippen molar-refractivity contribution in [1.82, 2.24) is 9.80 Å². The zero-order chi connectivity index (χ0) is 24.8. The Morgan fingerprint density at radius 3 is 2.36 bits per heavy atom. The van der Waals surface area contributed by atoms with Gasteiger partial charge in [0.25, 0.3) is 0 Å². The summed E-state index contributed by atoms with van der Waals surface area (Å²) in [6, 6.07) is 8.48. The molecule has 0 aliphatic rings. The molecule has 0 radical (unpaired) electrons. The first-order valence-electron chi connectivity index (χ1n) is 9.75. The largest absolute Gasteiger partial charge is 0.493 e. The summed E-state index contributed by atoms with van der Waals surface area (Å²) in [5.74, 6) is 0.146. The fraction of sp³-hybridized carbons (Fsp3) is 0.364. The predicted molar refractivity (Wildman–Crippen MR) is 119 cm³/mol. The normalized spacial score (nSPS) is 11.3. The Morgan fingerprint density at radius 1 is 1.06 bits per heavy atom. The van der Waals surface area contributed by atoms with Crippen molar-refractivity contribution in [3.63, 3.8) is 0 Å². The number of anilines is 1. The fourth-order valence-electron chi connectivity index (χ4n) is 3.10. The number of carbonyl (C=O) groups is 2. The summed E-state index contributed by atoms with van der Waals surface area (Å²) in [5, 5.41) is 1.88. The fourth-order valence-corrected chi connectivity index (χ4v) is 3.33. The number of halogens is 4. The third-order valence-corrected chi connectivity index (χ3v) is 5.02. The SMILES string of the molecule is COc1cccc(CN(C)CC(=O)N(C)CC(=O)Nc2ccc(Cl)c(C(F)(F)F)c2)c1OC. The highest BCUT2D eigenvalue weighted by atomic mass is 35.5. The monoisotopic (exact) mass is 487 g/mol. The molecule has 33 heavy (non-hydrogen) atoms. The molecule has 2 aromatic rings. The summed E-state index contributed by atoms with van der Waals surface area (Å²) in [4.78, 5) is 27.7. The maximum atomic E-state index is 13.0. The van der Waals surface area contributed by atoms with Crippen LogP contribution >= 0.6 is 11.6 Å². The summed E-state index contributed by atoms with van der Waals surface area (Å²) >= 11 is 5.58. The number of nitrogens with zero attached hydrogens (tertiary/aromatic N) is 2. The molecular weight excluding hydrogens is 463 g/mol. The average Bonchev–Trinajstić information content (AvgIpc) is 2.73. The lowest BCUT2D eigenvalue weighted by atomic mass is 10.1. The second-order valence-corrected chi connectivity index (χ2v) is 7.72. The number of methoxy groups -OCH3 is 2. The van der Waals surface area contributed by atoms with Crippen LogP contribution in [0, 0.1) is 0 Å². The van der Waals surface area contributed by atoms with Gasteiger partial charge in [0.15, 0.2) is 11.5 Å². The maximum Gasteiger partial charge on any atom is 0.417 e. The van der Waals surface area contributed by atoms with Crippen LogP contribution in [0.2, 0.25) is 5.02 Å². The highest BCUT2D eigenvalue weighted by Gasteiger charge is 2.33. The van der Waals surface area contributed by atoms with Crippen LogP contribution in [0.25, 0.3) is 0 Å². The van der Waals surface area contributed by atoms with Gasteiger partial charge in [0.2, 0.25) is 11.8 Å². The van der Waals surface area contributed by atoms with Crippen LogP contribution in [0.5, 0.6) is 11.5 Å². The molecule has 0 atom stereocenters. The zero-order valence-corrected chi connectivity index (χ0v) is 19.4. The topological polar surface area (TPSA) is 71.1 Å². The van der Waals surface area contributed by atoms with E-state index >= 15 is 0 Å². The number of hydrogen-bond acceptors (Lipinski definition) is 5. The second-order valence-electron chi connectivity index (χ2n) is 7.32. The van der Waals surface area contributed by atoms with Gasteiger partial charge >= 0.3 is 6.18 Å². The van der Waals surface area contributed by atoms with Gasteiger partial charge in [0, 0.05) is 24.8 Å². The molecule has 0 heterocycles. The van der Waals surface area contributed by atoms with Crippen LogP contribution in [-0.4, -0.2) is 63.0 Å². The molecule has 1 N–H and O–H groups in total. The van der Waals surface area contributed by atoms with Crippen molar-refractivity contribution in [2.45, 2.75) is 12.7 Å². The number of likely N-dealkylation sites (N-methyl/N-ethyl adjacent to an activating group) is 2. The van der Waals surface area contributed by atoms with E-state index in [1.54, 1.807) is 18.0 Å². The first kappa shape index (κ1) is 26.3. The minimum absolute atomic E-state index is 0.00328. The Kier molecular flexibility index (Phi) is 8.95. The number of ether oxygens (including phenoxy) is 2. The molecule has 0 fully saturated rings. The molecule has 11 heteroatoms. The average molecular weight is 488 g/mol. The highest BCUT2D eigenvalue weighted by Crippen LogP contribution is 2.36. The Balaban J connectivity index is 1.95. The van der Waals surface area contributed by atoms with Gasteiger partial charge in [-0.1, -0.05) is 23.7 Å². The third-order valence-electron chi connectivity index (χ3n) is 4.69. The third kappa shape index (κ3) is 7.26. The van der Waals surface area contributed by atoms with Gasteiger partial charge in [-0.15, -0.1) is 0 Å². The lowest BCUT2D eigenvalue weighted by Crippen LogP contribution is -2.40. The van der Waals surface area contributed by atoms with E-state index in [9.17, 15) is 22.8 Å². The van der Waals surface area contributed by atoms with Crippen molar-refractivity contribution in [2.24, 2.45) is 0 Å². The number of nitrogens with one attached hydrogen (secondary N) is 1. The molecule has 0 aromatic heterocycles. The van der Waals surface area contributed by atoms with Gasteiger partial charge in [-0.3, -0.25) is 14.5 Å². The number of carbonyl (C=O) groups excluding carboxylic acids is 2. The van der Waals surface area contributed by atoms with Gasteiger partial charge < -0.3 is 19.7 Å². The van der Waals surface area contributed by atoms with Gasteiger partial charge in [-0.25, -0.2) is 0 Å². The Bertz CT molecular complexity index is 1000. The Labute approximate surface area is 195 Å². The molecule has 2 amide bonds. The smallest absolute Gasteiger partial charge is 0.417 e. The Morgan fingerprint density at radius 2 is 1.76 bits per heavy atom. The van der Waals surface area contributed by atoms with Crippen molar-refractivity contribution in [1.29, 1.82) is 0 Å². The lowest BCUT2D eigenvalue weighted by molar-refractivity contribution is -0.137. The number of alkyl halides is 3. The van der Waals surface area contributed by atoms with Crippen LogP contribution in [-0.2, 0) is 22.3 Å². The number of hydrogen-bond donors (Lipinski definition) is 1. The summed E-state index contributed by atoms with van der Waals surface area (Å²) in [7, 11) is 6.22. The molecule has 180 valence electrons. The van der Waals surface area contributed by atoms with E-state index < -0.39 is 22.7 Å². The number of para-hydroxylation sites is 1. The van der Waals surface area contributed by atoms with E-state index in [1.165, 1.54) is 32.2 Å². The van der Waals surface area contributed by atoms with Gasteiger partial charge in [-0.2, -0.15) is 13.2 Å². The van der Waals surface area contributed by atoms with E-state index in [1.807, 2.05) is 12.1 Å². The zero-order valence-electron chi connectivity index (χ0n) is 18.6.